The van der Waals surface area contributed by atoms with Gasteiger partial charge in [0.15, 0.2) is 11.6 Å². The molecule has 2 N–H and O–H groups in total. The van der Waals surface area contributed by atoms with Gasteiger partial charge in [-0.15, -0.1) is 0 Å². The molecule has 2 atom stereocenters. The molecule has 222 valence electrons. The van der Waals surface area contributed by atoms with Gasteiger partial charge in [0.05, 0.1) is 6.61 Å². The van der Waals surface area contributed by atoms with Crippen LogP contribution in [0.2, 0.25) is 15.1 Å². The third-order valence-electron chi connectivity index (χ3n) is 7.03. The summed E-state index contributed by atoms with van der Waals surface area (Å²) < 4.78 is 13.2. The average Bonchev–Trinajstić information content (AvgIpc) is 3.38. The van der Waals surface area contributed by atoms with Crippen molar-refractivity contribution >= 4 is 62.5 Å². The van der Waals surface area contributed by atoms with Gasteiger partial charge in [-0.2, -0.15) is 0 Å². The Morgan fingerprint density at radius 1 is 0.930 bits per heavy atom. The minimum absolute atomic E-state index is 0.0535. The zero-order chi connectivity index (χ0) is 30.4. The fourth-order valence-corrected chi connectivity index (χ4v) is 5.72. The number of hydrogen-bond acceptors (Lipinski definition) is 5. The highest BCUT2D eigenvalue weighted by molar-refractivity contribution is 9.10. The summed E-state index contributed by atoms with van der Waals surface area (Å²) in [7, 11) is 0. The Balaban J connectivity index is 1.57. The summed E-state index contributed by atoms with van der Waals surface area (Å²) in [6, 6.07) is 27.4. The monoisotopic (exact) mass is 700 g/mol. The Morgan fingerprint density at radius 3 is 2.28 bits per heavy atom. The molecule has 43 heavy (non-hydrogen) atoms. The number of benzene rings is 4. The Hall–Kier alpha value is -3.07. The normalized spacial score (nSPS) is 17.7. The number of amides is 1. The second-order valence-corrected chi connectivity index (χ2v) is 12.3. The van der Waals surface area contributed by atoms with Crippen LogP contribution in [0, 0.1) is 0 Å². The van der Waals surface area contributed by atoms with Gasteiger partial charge in [-0.25, -0.2) is 4.99 Å². The van der Waals surface area contributed by atoms with Gasteiger partial charge in [-0.1, -0.05) is 81.1 Å². The molecule has 4 aromatic rings. The van der Waals surface area contributed by atoms with Crippen molar-refractivity contribution in [2.45, 2.75) is 31.0 Å². The second-order valence-electron chi connectivity index (χ2n) is 10.1. The number of nitrogens with zero attached hydrogens (tertiary/aromatic N) is 1. The number of ether oxygens (including phenoxy) is 2. The van der Waals surface area contributed by atoms with Crippen LogP contribution in [0.25, 0.3) is 0 Å². The first-order valence-electron chi connectivity index (χ1n) is 13.6. The molecule has 0 bridgehead atoms. The van der Waals surface area contributed by atoms with Crippen LogP contribution in [-0.4, -0.2) is 35.7 Å². The SMILES string of the molecule is O=C(NCc1ccc(Cl)cc1)[C@]1(Cc2ccc(Br)cc2)N=C(c2ccc(OCCCO)cc2)O[C@@H]1c1ccc(Cl)cc1Cl. The van der Waals surface area contributed by atoms with Gasteiger partial charge in [0.1, 0.15) is 5.75 Å². The number of aliphatic hydroxyl groups excluding tert-OH is 1. The number of aliphatic hydroxyl groups is 1. The Labute approximate surface area is 273 Å². The lowest BCUT2D eigenvalue weighted by molar-refractivity contribution is -0.129. The van der Waals surface area contributed by atoms with Crippen molar-refractivity contribution in [2.75, 3.05) is 13.2 Å². The van der Waals surface area contributed by atoms with E-state index in [4.69, 9.17) is 54.4 Å². The third-order valence-corrected chi connectivity index (χ3v) is 8.37. The second kappa shape index (κ2) is 14.1. The maximum Gasteiger partial charge on any atom is 0.252 e. The van der Waals surface area contributed by atoms with E-state index in [1.807, 2.05) is 48.5 Å². The topological polar surface area (TPSA) is 80.2 Å². The Morgan fingerprint density at radius 2 is 1.60 bits per heavy atom. The van der Waals surface area contributed by atoms with Gasteiger partial charge < -0.3 is 19.9 Å². The van der Waals surface area contributed by atoms with Crippen LogP contribution in [-0.2, 0) is 22.5 Å². The lowest BCUT2D eigenvalue weighted by Gasteiger charge is -2.31. The minimum atomic E-state index is -1.41. The number of rotatable bonds is 11. The third kappa shape index (κ3) is 7.54. The van der Waals surface area contributed by atoms with Crippen molar-refractivity contribution < 1.29 is 19.4 Å². The van der Waals surface area contributed by atoms with Gasteiger partial charge in [-0.05, 0) is 71.8 Å². The molecule has 10 heteroatoms. The maximum atomic E-state index is 14.4. The summed E-state index contributed by atoms with van der Waals surface area (Å²) in [5, 5.41) is 13.6. The molecule has 0 spiro atoms. The number of aliphatic imine (C=N–C) groups is 1. The fraction of sp³-hybridized carbons (Fsp3) is 0.212. The quantitative estimate of drug-likeness (QED) is 0.155. The fourth-order valence-electron chi connectivity index (χ4n) is 4.82. The molecule has 0 saturated heterocycles. The number of carbonyl (C=O) groups is 1. The van der Waals surface area contributed by atoms with Gasteiger partial charge in [-0.3, -0.25) is 4.79 Å². The smallest absolute Gasteiger partial charge is 0.252 e. The molecule has 0 aromatic heterocycles. The van der Waals surface area contributed by atoms with E-state index in [2.05, 4.69) is 21.2 Å². The van der Waals surface area contributed by atoms with E-state index in [0.717, 1.165) is 15.6 Å². The first-order chi connectivity index (χ1) is 20.8. The molecular weight excluding hydrogens is 675 g/mol. The van der Waals surface area contributed by atoms with Gasteiger partial charge >= 0.3 is 0 Å². The average molecular weight is 703 g/mol. The number of nitrogens with one attached hydrogen (secondary N) is 1. The zero-order valence-corrected chi connectivity index (χ0v) is 26.8. The molecule has 5 rings (SSSR count). The van der Waals surface area contributed by atoms with E-state index >= 15 is 0 Å². The highest BCUT2D eigenvalue weighted by Gasteiger charge is 2.53. The first-order valence-corrected chi connectivity index (χ1v) is 15.5. The number of carbonyl (C=O) groups excluding carboxylic acids is 1. The number of hydrogen-bond donors (Lipinski definition) is 2. The number of halogens is 4. The van der Waals surface area contributed by atoms with Crippen LogP contribution in [0.1, 0.15) is 34.8 Å². The van der Waals surface area contributed by atoms with E-state index in [0.29, 0.717) is 50.9 Å². The predicted octanol–water partition coefficient (Wildman–Crippen LogP) is 7.99. The van der Waals surface area contributed by atoms with E-state index in [9.17, 15) is 4.79 Å². The van der Waals surface area contributed by atoms with E-state index < -0.39 is 11.6 Å². The van der Waals surface area contributed by atoms with Crippen LogP contribution in [0.4, 0.5) is 0 Å². The zero-order valence-electron chi connectivity index (χ0n) is 22.9. The molecular formula is C33H28BrCl3N2O4. The predicted molar refractivity (Wildman–Crippen MR) is 174 cm³/mol. The molecule has 1 aliphatic heterocycles. The van der Waals surface area contributed by atoms with Crippen molar-refractivity contribution in [3.8, 4) is 5.75 Å². The van der Waals surface area contributed by atoms with Crippen molar-refractivity contribution in [1.82, 2.24) is 5.32 Å². The van der Waals surface area contributed by atoms with Crippen molar-refractivity contribution in [2.24, 2.45) is 4.99 Å². The molecule has 6 nitrogen and oxygen atoms in total. The minimum Gasteiger partial charge on any atom is -0.494 e. The maximum absolute atomic E-state index is 14.4. The van der Waals surface area contributed by atoms with Gasteiger partial charge in [0.25, 0.3) is 5.91 Å². The van der Waals surface area contributed by atoms with Crippen molar-refractivity contribution in [1.29, 1.82) is 0 Å². The van der Waals surface area contributed by atoms with Crippen LogP contribution < -0.4 is 10.1 Å². The molecule has 0 fully saturated rings. The van der Waals surface area contributed by atoms with Crippen LogP contribution in [0.3, 0.4) is 0 Å². The van der Waals surface area contributed by atoms with E-state index in [-0.39, 0.29) is 25.5 Å². The van der Waals surface area contributed by atoms with Crippen molar-refractivity contribution in [3.63, 3.8) is 0 Å². The van der Waals surface area contributed by atoms with Crippen molar-refractivity contribution in [3.05, 3.63) is 133 Å². The van der Waals surface area contributed by atoms with Gasteiger partial charge in [0.2, 0.25) is 5.90 Å². The molecule has 0 radical (unpaired) electrons. The summed E-state index contributed by atoms with van der Waals surface area (Å²) in [5.74, 6) is 0.631. The van der Waals surface area contributed by atoms with Crippen LogP contribution >= 0.6 is 50.7 Å². The standard InChI is InChI=1S/C33H28BrCl3N2O4/c34-24-8-2-21(3-9-24)19-33(32(41)38-20-22-4-10-25(35)11-5-22)30(28-15-12-26(36)18-29(28)37)43-31(39-33)23-6-13-27(14-7-23)42-17-1-16-40/h2-15,18,30,40H,1,16-17,19-20H2,(H,38,41)/t30-,33-/m1/s1. The summed E-state index contributed by atoms with van der Waals surface area (Å²) in [5.41, 5.74) is 1.63. The molecule has 0 saturated carbocycles. The highest BCUT2D eigenvalue weighted by Crippen LogP contribution is 2.45. The summed E-state index contributed by atoms with van der Waals surface area (Å²) in [4.78, 5) is 19.4. The van der Waals surface area contributed by atoms with Crippen LogP contribution in [0.15, 0.2) is 100 Å². The molecule has 1 aliphatic rings. The molecule has 0 unspecified atom stereocenters. The molecule has 4 aromatic carbocycles. The Bertz CT molecular complexity index is 1600. The highest BCUT2D eigenvalue weighted by atomic mass is 79.9. The van der Waals surface area contributed by atoms with E-state index in [1.165, 1.54) is 0 Å². The summed E-state index contributed by atoms with van der Waals surface area (Å²) >= 11 is 22.5. The van der Waals surface area contributed by atoms with E-state index in [1.54, 1.807) is 42.5 Å². The molecule has 0 aliphatic carbocycles. The summed E-state index contributed by atoms with van der Waals surface area (Å²) in [6.45, 7) is 0.719. The Kier molecular flexibility index (Phi) is 10.3. The lowest BCUT2D eigenvalue weighted by Crippen LogP contribution is -2.49. The van der Waals surface area contributed by atoms with Gasteiger partial charge in [0, 0.05) is 56.7 Å². The first kappa shape index (κ1) is 31.4. The molecule has 1 heterocycles. The lowest BCUT2D eigenvalue weighted by atomic mass is 9.82. The largest absolute Gasteiger partial charge is 0.494 e. The molecule has 1 amide bonds. The van der Waals surface area contributed by atoms with Crippen LogP contribution in [0.5, 0.6) is 5.75 Å². The summed E-state index contributed by atoms with van der Waals surface area (Å²) in [6.07, 6.45) is -0.0888.